The topological polar surface area (TPSA) is 146 Å². The van der Waals surface area contributed by atoms with Crippen molar-refractivity contribution in [2.45, 2.75) is 39.5 Å². The first-order chi connectivity index (χ1) is 21.1. The van der Waals surface area contributed by atoms with E-state index in [0.717, 1.165) is 42.7 Å². The van der Waals surface area contributed by atoms with Crippen molar-refractivity contribution >= 4 is 34.6 Å². The highest BCUT2D eigenvalue weighted by molar-refractivity contribution is 5.94. The molecule has 2 amide bonds. The van der Waals surface area contributed by atoms with E-state index in [1.54, 1.807) is 43.3 Å². The van der Waals surface area contributed by atoms with Gasteiger partial charge in [0, 0.05) is 53.2 Å². The number of carbonyl (C=O) groups excluding carboxylic acids is 2. The molecule has 0 aliphatic heterocycles. The molecule has 6 rings (SSSR count). The van der Waals surface area contributed by atoms with Gasteiger partial charge in [-0.05, 0) is 99.2 Å². The van der Waals surface area contributed by atoms with Crippen LogP contribution in [0.5, 0.6) is 23.0 Å². The third kappa shape index (κ3) is 8.34. The first-order valence-corrected chi connectivity index (χ1v) is 14.4. The van der Waals surface area contributed by atoms with Gasteiger partial charge in [0.05, 0.1) is 4.92 Å². The van der Waals surface area contributed by atoms with Gasteiger partial charge in [0.15, 0.2) is 0 Å². The maximum Gasteiger partial charge on any atom is 0.269 e. The minimum Gasteiger partial charge on any atom is -0.457 e. The molecule has 10 nitrogen and oxygen atoms in total. The monoisotopic (exact) mass is 594 g/mol. The van der Waals surface area contributed by atoms with Crippen LogP contribution >= 0.6 is 0 Å². The number of hydrogen-bond acceptors (Lipinski definition) is 7. The molecule has 44 heavy (non-hydrogen) atoms. The molecule has 2 fully saturated rings. The van der Waals surface area contributed by atoms with Gasteiger partial charge in [-0.3, -0.25) is 19.7 Å². The molecule has 0 atom stereocenters. The average molecular weight is 595 g/mol. The molecule has 4 aromatic carbocycles. The number of nitro groups is 1. The third-order valence-corrected chi connectivity index (χ3v) is 7.12. The second kappa shape index (κ2) is 13.3. The molecule has 0 unspecified atom stereocenters. The number of hydrogen-bond donors (Lipinski definition) is 3. The normalized spacial score (nSPS) is 13.6. The lowest BCUT2D eigenvalue weighted by molar-refractivity contribution is -0.384. The molecule has 0 radical (unpaired) electrons. The van der Waals surface area contributed by atoms with Crippen LogP contribution in [0.2, 0.25) is 0 Å². The maximum atomic E-state index is 11.8. The number of ether oxygens (including phenoxy) is 2. The SMILES string of the molecule is Cc1cc(N)ccc1Oc1cccc(NC(=O)C2CC2)c1.Cc1cc([N+](=O)[O-])ccc1Oc1cccc(NC(=O)C2CC2)c1. The summed E-state index contributed by atoms with van der Waals surface area (Å²) in [5.74, 6) is 3.01. The van der Waals surface area contributed by atoms with Gasteiger partial charge in [0.2, 0.25) is 11.8 Å². The zero-order valence-corrected chi connectivity index (χ0v) is 24.5. The van der Waals surface area contributed by atoms with Crippen molar-refractivity contribution in [1.29, 1.82) is 0 Å². The van der Waals surface area contributed by atoms with E-state index in [2.05, 4.69) is 10.6 Å². The lowest BCUT2D eigenvalue weighted by atomic mass is 10.2. The maximum absolute atomic E-state index is 11.8. The predicted molar refractivity (Wildman–Crippen MR) is 169 cm³/mol. The molecule has 0 saturated heterocycles. The van der Waals surface area contributed by atoms with E-state index in [9.17, 15) is 19.7 Å². The summed E-state index contributed by atoms with van der Waals surface area (Å²) in [7, 11) is 0. The third-order valence-electron chi connectivity index (χ3n) is 7.12. The smallest absolute Gasteiger partial charge is 0.269 e. The standard InChI is InChI=1S/C17H16N2O4.C17H18N2O2/c1-11-9-14(19(21)22)7-8-16(11)23-15-4-2-3-13(10-15)18-17(20)12-5-6-12;1-11-9-13(18)7-8-16(11)21-15-4-2-3-14(10-15)19-17(20)12-5-6-12/h2-4,7-10,12H,5-6H2,1H3,(H,18,20);2-4,7-10,12H,5-6,18H2,1H3,(H,19,20). The van der Waals surface area contributed by atoms with Gasteiger partial charge >= 0.3 is 0 Å². The Morgan fingerprint density at radius 3 is 1.64 bits per heavy atom. The van der Waals surface area contributed by atoms with E-state index in [0.29, 0.717) is 34.2 Å². The van der Waals surface area contributed by atoms with Crippen molar-refractivity contribution in [1.82, 2.24) is 0 Å². The number of nitrogens with one attached hydrogen (secondary N) is 2. The van der Waals surface area contributed by atoms with Crippen molar-refractivity contribution < 1.29 is 24.0 Å². The fourth-order valence-electron chi connectivity index (χ4n) is 4.36. The number of benzene rings is 4. The van der Waals surface area contributed by atoms with Crippen LogP contribution in [0.25, 0.3) is 0 Å². The zero-order valence-electron chi connectivity index (χ0n) is 24.5. The number of nitro benzene ring substituents is 1. The van der Waals surface area contributed by atoms with Crippen molar-refractivity contribution in [3.63, 3.8) is 0 Å². The van der Waals surface area contributed by atoms with E-state index in [1.807, 2.05) is 43.3 Å². The Kier molecular flexibility index (Phi) is 9.09. The van der Waals surface area contributed by atoms with Crippen LogP contribution in [-0.2, 0) is 9.59 Å². The molecule has 10 heteroatoms. The fraction of sp³-hybridized carbons (Fsp3) is 0.235. The first-order valence-electron chi connectivity index (χ1n) is 14.4. The Morgan fingerprint density at radius 1 is 0.727 bits per heavy atom. The zero-order chi connectivity index (χ0) is 31.2. The highest BCUT2D eigenvalue weighted by atomic mass is 16.6. The molecule has 0 aromatic heterocycles. The summed E-state index contributed by atoms with van der Waals surface area (Å²) in [6, 6.07) is 24.5. The predicted octanol–water partition coefficient (Wildman–Crippen LogP) is 7.76. The number of carbonyl (C=O) groups is 2. The molecule has 0 bridgehead atoms. The summed E-state index contributed by atoms with van der Waals surface area (Å²) < 4.78 is 11.6. The second-order valence-corrected chi connectivity index (χ2v) is 11.0. The van der Waals surface area contributed by atoms with E-state index in [4.69, 9.17) is 15.2 Å². The summed E-state index contributed by atoms with van der Waals surface area (Å²) >= 11 is 0. The summed E-state index contributed by atoms with van der Waals surface area (Å²) in [6.07, 6.45) is 3.88. The van der Waals surface area contributed by atoms with Gasteiger partial charge in [-0.2, -0.15) is 0 Å². The molecule has 2 aliphatic rings. The molecular weight excluding hydrogens is 560 g/mol. The van der Waals surface area contributed by atoms with Gasteiger partial charge < -0.3 is 25.8 Å². The molecular formula is C34H34N4O6. The fourth-order valence-corrected chi connectivity index (χ4v) is 4.36. The average Bonchev–Trinajstić information content (AvgIpc) is 3.90. The quantitative estimate of drug-likeness (QED) is 0.102. The minimum absolute atomic E-state index is 0.0281. The van der Waals surface area contributed by atoms with Crippen molar-refractivity contribution in [3.8, 4) is 23.0 Å². The first kappa shape index (κ1) is 30.1. The largest absolute Gasteiger partial charge is 0.457 e. The molecule has 4 aromatic rings. The number of anilines is 3. The van der Waals surface area contributed by atoms with Gasteiger partial charge in [0.25, 0.3) is 5.69 Å². The Bertz CT molecular complexity index is 1700. The summed E-state index contributed by atoms with van der Waals surface area (Å²) in [6.45, 7) is 3.70. The van der Waals surface area contributed by atoms with Crippen LogP contribution in [0.4, 0.5) is 22.7 Å². The molecule has 2 aliphatic carbocycles. The van der Waals surface area contributed by atoms with Gasteiger partial charge in [0.1, 0.15) is 23.0 Å². The number of non-ortho nitro benzene ring substituents is 1. The van der Waals surface area contributed by atoms with E-state index in [-0.39, 0.29) is 29.3 Å². The second-order valence-electron chi connectivity index (χ2n) is 11.0. The van der Waals surface area contributed by atoms with Crippen LogP contribution in [0.15, 0.2) is 84.9 Å². The summed E-state index contributed by atoms with van der Waals surface area (Å²) in [5.41, 5.74) is 9.56. The van der Waals surface area contributed by atoms with Gasteiger partial charge in [-0.1, -0.05) is 12.1 Å². The van der Waals surface area contributed by atoms with E-state index in [1.165, 1.54) is 12.1 Å². The Labute approximate surface area is 255 Å². The highest BCUT2D eigenvalue weighted by Gasteiger charge is 2.30. The molecule has 4 N–H and O–H groups in total. The minimum atomic E-state index is -0.440. The Morgan fingerprint density at radius 2 is 1.20 bits per heavy atom. The Hall–Kier alpha value is -5.38. The van der Waals surface area contributed by atoms with Gasteiger partial charge in [-0.25, -0.2) is 0 Å². The molecule has 0 heterocycles. The lowest BCUT2D eigenvalue weighted by Gasteiger charge is -2.11. The number of aryl methyl sites for hydroxylation is 2. The number of nitrogens with two attached hydrogens (primary N) is 1. The van der Waals surface area contributed by atoms with E-state index >= 15 is 0 Å². The molecule has 0 spiro atoms. The van der Waals surface area contributed by atoms with Crippen LogP contribution in [-0.4, -0.2) is 16.7 Å². The number of amides is 2. The Balaban J connectivity index is 0.000000175. The van der Waals surface area contributed by atoms with Crippen molar-refractivity contribution in [2.75, 3.05) is 16.4 Å². The van der Waals surface area contributed by atoms with Crippen LogP contribution in [0.1, 0.15) is 36.8 Å². The molecule has 226 valence electrons. The van der Waals surface area contributed by atoms with Crippen LogP contribution < -0.4 is 25.8 Å². The van der Waals surface area contributed by atoms with Crippen LogP contribution in [0.3, 0.4) is 0 Å². The van der Waals surface area contributed by atoms with Crippen molar-refractivity contribution in [2.24, 2.45) is 11.8 Å². The summed E-state index contributed by atoms with van der Waals surface area (Å²) in [5, 5.41) is 16.5. The summed E-state index contributed by atoms with van der Waals surface area (Å²) in [4.78, 5) is 33.9. The number of nitrogen functional groups attached to an aromatic ring is 1. The lowest BCUT2D eigenvalue weighted by Crippen LogP contribution is -2.13. The number of nitrogens with zero attached hydrogens (tertiary/aromatic N) is 1. The number of rotatable bonds is 9. The van der Waals surface area contributed by atoms with Crippen LogP contribution in [0, 0.1) is 35.8 Å². The van der Waals surface area contributed by atoms with Crippen molar-refractivity contribution in [3.05, 3.63) is 106 Å². The van der Waals surface area contributed by atoms with Gasteiger partial charge in [-0.15, -0.1) is 0 Å². The van der Waals surface area contributed by atoms with E-state index < -0.39 is 4.92 Å². The molecule has 2 saturated carbocycles. The highest BCUT2D eigenvalue weighted by Crippen LogP contribution is 2.33.